The van der Waals surface area contributed by atoms with Gasteiger partial charge in [-0.25, -0.2) is 0 Å². The summed E-state index contributed by atoms with van der Waals surface area (Å²) >= 11 is 7.69. The molecule has 0 radical (unpaired) electrons. The van der Waals surface area contributed by atoms with E-state index in [0.717, 1.165) is 10.2 Å². The molecule has 5 heteroatoms. The number of anilines is 1. The van der Waals surface area contributed by atoms with E-state index in [1.807, 2.05) is 12.1 Å². The Kier molecular flexibility index (Phi) is 3.15. The topological polar surface area (TPSA) is 37.8 Å². The van der Waals surface area contributed by atoms with E-state index in [9.17, 15) is 0 Å². The largest absolute Gasteiger partial charge is 0.353 e. The van der Waals surface area contributed by atoms with Gasteiger partial charge in [0.15, 0.2) is 0 Å². The van der Waals surface area contributed by atoms with E-state index in [0.29, 0.717) is 17.9 Å². The summed E-state index contributed by atoms with van der Waals surface area (Å²) in [6.07, 6.45) is 5.12. The van der Waals surface area contributed by atoms with Gasteiger partial charge in [0.2, 0.25) is 5.13 Å². The van der Waals surface area contributed by atoms with Gasteiger partial charge >= 0.3 is 0 Å². The molecular weight excluding hydrogens is 290 g/mol. The first-order valence-electron chi connectivity index (χ1n) is 7.15. The molecule has 0 spiro atoms. The van der Waals surface area contributed by atoms with E-state index in [2.05, 4.69) is 27.6 Å². The van der Waals surface area contributed by atoms with Crippen LogP contribution in [0.4, 0.5) is 5.13 Å². The lowest BCUT2D eigenvalue weighted by Gasteiger charge is -2.17. The first-order chi connectivity index (χ1) is 9.79. The molecule has 1 aromatic heterocycles. The standard InChI is InChI=1S/C15H16ClN3S/c16-12-7-5-10(6-8-12)13(9-1-2-9)17-15-19-18-14(20-15)11-3-4-11/h5-9,11,13H,1-4H2,(H,17,19). The molecule has 20 heavy (non-hydrogen) atoms. The molecule has 2 fully saturated rings. The van der Waals surface area contributed by atoms with Crippen molar-refractivity contribution in [3.8, 4) is 0 Å². The minimum atomic E-state index is 0.340. The van der Waals surface area contributed by atoms with Crippen LogP contribution >= 0.6 is 22.9 Å². The lowest BCUT2D eigenvalue weighted by atomic mass is 10.0. The summed E-state index contributed by atoms with van der Waals surface area (Å²) < 4.78 is 0. The smallest absolute Gasteiger partial charge is 0.206 e. The monoisotopic (exact) mass is 305 g/mol. The molecule has 0 aliphatic heterocycles. The molecule has 1 N–H and O–H groups in total. The van der Waals surface area contributed by atoms with Crippen LogP contribution in [0.5, 0.6) is 0 Å². The molecule has 0 saturated heterocycles. The number of nitrogens with one attached hydrogen (secondary N) is 1. The third kappa shape index (κ3) is 2.67. The van der Waals surface area contributed by atoms with Crippen molar-refractivity contribution in [3.63, 3.8) is 0 Å². The lowest BCUT2D eigenvalue weighted by Crippen LogP contribution is -2.12. The predicted octanol–water partition coefficient (Wildman–Crippen LogP) is 4.63. The second kappa shape index (κ2) is 5.01. The third-order valence-corrected chi connectivity index (χ3v) is 5.24. The first kappa shape index (κ1) is 12.6. The SMILES string of the molecule is Clc1ccc(C(Nc2nnc(C3CC3)s2)C2CC2)cc1. The Bertz CT molecular complexity index is 602. The molecule has 4 rings (SSSR count). The van der Waals surface area contributed by atoms with E-state index in [1.165, 1.54) is 36.3 Å². The summed E-state index contributed by atoms with van der Waals surface area (Å²) in [5.41, 5.74) is 1.29. The third-order valence-electron chi connectivity index (χ3n) is 3.97. The number of nitrogens with zero attached hydrogens (tertiary/aromatic N) is 2. The molecule has 104 valence electrons. The van der Waals surface area contributed by atoms with Gasteiger partial charge in [0, 0.05) is 10.9 Å². The maximum absolute atomic E-state index is 5.98. The van der Waals surface area contributed by atoms with E-state index in [1.54, 1.807) is 11.3 Å². The van der Waals surface area contributed by atoms with Gasteiger partial charge < -0.3 is 5.32 Å². The normalized spacial score (nSPS) is 19.9. The summed E-state index contributed by atoms with van der Waals surface area (Å²) in [5.74, 6) is 1.39. The Hall–Kier alpha value is -1.13. The highest BCUT2D eigenvalue weighted by molar-refractivity contribution is 7.15. The van der Waals surface area contributed by atoms with E-state index >= 15 is 0 Å². The Morgan fingerprint density at radius 3 is 2.50 bits per heavy atom. The van der Waals surface area contributed by atoms with Crippen LogP contribution in [0.25, 0.3) is 0 Å². The van der Waals surface area contributed by atoms with Crippen molar-refractivity contribution < 1.29 is 0 Å². The van der Waals surface area contributed by atoms with Crippen LogP contribution in [-0.2, 0) is 0 Å². The second-order valence-corrected chi connectivity index (χ2v) is 7.18. The molecule has 2 aromatic rings. The molecule has 2 aliphatic rings. The van der Waals surface area contributed by atoms with Gasteiger partial charge in [0.1, 0.15) is 5.01 Å². The van der Waals surface area contributed by atoms with Crippen LogP contribution in [0, 0.1) is 5.92 Å². The highest BCUT2D eigenvalue weighted by Crippen LogP contribution is 2.45. The van der Waals surface area contributed by atoms with Crippen molar-refractivity contribution in [1.29, 1.82) is 0 Å². The fourth-order valence-corrected chi connectivity index (χ4v) is 3.57. The number of benzene rings is 1. The molecule has 1 atom stereocenters. The van der Waals surface area contributed by atoms with Crippen molar-refractivity contribution >= 4 is 28.1 Å². The molecule has 1 unspecified atom stereocenters. The number of aromatic nitrogens is 2. The summed E-state index contributed by atoms with van der Waals surface area (Å²) in [4.78, 5) is 0. The van der Waals surface area contributed by atoms with Gasteiger partial charge in [-0.1, -0.05) is 35.1 Å². The average Bonchev–Trinajstić information content (AvgIpc) is 3.37. The van der Waals surface area contributed by atoms with Crippen molar-refractivity contribution in [2.24, 2.45) is 5.92 Å². The highest BCUT2D eigenvalue weighted by atomic mass is 35.5. The van der Waals surface area contributed by atoms with Crippen LogP contribution in [0.3, 0.4) is 0 Å². The van der Waals surface area contributed by atoms with Crippen molar-refractivity contribution in [2.45, 2.75) is 37.6 Å². The van der Waals surface area contributed by atoms with Crippen molar-refractivity contribution in [1.82, 2.24) is 10.2 Å². The lowest BCUT2D eigenvalue weighted by molar-refractivity contribution is 0.676. The Morgan fingerprint density at radius 1 is 1.10 bits per heavy atom. The molecule has 2 aliphatic carbocycles. The van der Waals surface area contributed by atoms with Gasteiger partial charge in [0.25, 0.3) is 0 Å². The van der Waals surface area contributed by atoms with E-state index in [4.69, 9.17) is 11.6 Å². The number of rotatable bonds is 5. The second-order valence-electron chi connectivity index (χ2n) is 5.73. The van der Waals surface area contributed by atoms with Gasteiger partial charge in [-0.3, -0.25) is 0 Å². The molecule has 2 saturated carbocycles. The zero-order valence-electron chi connectivity index (χ0n) is 11.1. The van der Waals surface area contributed by atoms with Crippen LogP contribution in [0.2, 0.25) is 5.02 Å². The summed E-state index contributed by atoms with van der Waals surface area (Å²) in [6.45, 7) is 0. The summed E-state index contributed by atoms with van der Waals surface area (Å²) in [6, 6.07) is 8.49. The fourth-order valence-electron chi connectivity index (χ4n) is 2.49. The van der Waals surface area contributed by atoms with Crippen molar-refractivity contribution in [3.05, 3.63) is 39.9 Å². The quantitative estimate of drug-likeness (QED) is 0.875. The number of hydrogen-bond acceptors (Lipinski definition) is 4. The Labute approximate surface area is 127 Å². The predicted molar refractivity (Wildman–Crippen MR) is 82.4 cm³/mol. The molecular formula is C15H16ClN3S. The highest BCUT2D eigenvalue weighted by Gasteiger charge is 2.33. The fraction of sp³-hybridized carbons (Fsp3) is 0.467. The van der Waals surface area contributed by atoms with E-state index < -0.39 is 0 Å². The molecule has 1 heterocycles. The average molecular weight is 306 g/mol. The Morgan fingerprint density at radius 2 is 1.85 bits per heavy atom. The van der Waals surface area contributed by atoms with Crippen LogP contribution in [0.15, 0.2) is 24.3 Å². The summed E-state index contributed by atoms with van der Waals surface area (Å²) in [5, 5.41) is 15.1. The van der Waals surface area contributed by atoms with Gasteiger partial charge in [-0.05, 0) is 49.3 Å². The summed E-state index contributed by atoms with van der Waals surface area (Å²) in [7, 11) is 0. The maximum Gasteiger partial charge on any atom is 0.206 e. The zero-order chi connectivity index (χ0) is 13.5. The molecule has 0 amide bonds. The van der Waals surface area contributed by atoms with Gasteiger partial charge in [0.05, 0.1) is 6.04 Å². The maximum atomic E-state index is 5.98. The first-order valence-corrected chi connectivity index (χ1v) is 8.34. The van der Waals surface area contributed by atoms with Crippen LogP contribution in [-0.4, -0.2) is 10.2 Å². The molecule has 1 aromatic carbocycles. The van der Waals surface area contributed by atoms with Crippen molar-refractivity contribution in [2.75, 3.05) is 5.32 Å². The van der Waals surface area contributed by atoms with Gasteiger partial charge in [-0.2, -0.15) is 0 Å². The van der Waals surface area contributed by atoms with Crippen LogP contribution < -0.4 is 5.32 Å². The number of halogens is 1. The number of hydrogen-bond donors (Lipinski definition) is 1. The Balaban J connectivity index is 1.54. The minimum Gasteiger partial charge on any atom is -0.353 e. The minimum absolute atomic E-state index is 0.340. The zero-order valence-corrected chi connectivity index (χ0v) is 12.6. The van der Waals surface area contributed by atoms with Crippen LogP contribution in [0.1, 0.15) is 48.2 Å². The van der Waals surface area contributed by atoms with Gasteiger partial charge in [-0.15, -0.1) is 10.2 Å². The van der Waals surface area contributed by atoms with E-state index in [-0.39, 0.29) is 0 Å². The molecule has 3 nitrogen and oxygen atoms in total. The molecule has 0 bridgehead atoms.